The Morgan fingerprint density at radius 1 is 1.11 bits per heavy atom. The van der Waals surface area contributed by atoms with Crippen LogP contribution in [0.15, 0.2) is 66.2 Å². The molecular formula is C26H20ClFIN3O4. The average Bonchev–Trinajstić information content (AvgIpc) is 2.85. The van der Waals surface area contributed by atoms with Gasteiger partial charge in [0.25, 0.3) is 11.8 Å². The molecule has 10 heteroatoms. The summed E-state index contributed by atoms with van der Waals surface area (Å²) in [5.74, 6) is -0.801. The number of carbonyl (C=O) groups is 2. The molecule has 7 nitrogen and oxygen atoms in total. The SMILES string of the molecule is CCOc1cc(/C=C(\C#N)C(=O)Nc2ccc(F)cc2)cc(I)c1OCC(=O)Nc1ccccc1Cl. The van der Waals surface area contributed by atoms with Gasteiger partial charge in [0.15, 0.2) is 18.1 Å². The Bertz CT molecular complexity index is 1340. The number of rotatable bonds is 9. The van der Waals surface area contributed by atoms with Crippen molar-refractivity contribution in [2.45, 2.75) is 6.92 Å². The van der Waals surface area contributed by atoms with E-state index in [0.717, 1.165) is 0 Å². The highest BCUT2D eigenvalue weighted by Crippen LogP contribution is 2.35. The second-order valence-corrected chi connectivity index (χ2v) is 8.78. The third kappa shape index (κ3) is 7.44. The van der Waals surface area contributed by atoms with Gasteiger partial charge in [-0.3, -0.25) is 9.59 Å². The fraction of sp³-hybridized carbons (Fsp3) is 0.115. The van der Waals surface area contributed by atoms with Crippen LogP contribution in [0.5, 0.6) is 11.5 Å². The average molecular weight is 620 g/mol. The smallest absolute Gasteiger partial charge is 0.266 e. The van der Waals surface area contributed by atoms with Crippen molar-refractivity contribution < 1.29 is 23.5 Å². The van der Waals surface area contributed by atoms with Crippen molar-refractivity contribution in [2.24, 2.45) is 0 Å². The summed E-state index contributed by atoms with van der Waals surface area (Å²) in [4.78, 5) is 24.9. The van der Waals surface area contributed by atoms with Crippen molar-refractivity contribution in [2.75, 3.05) is 23.8 Å². The maximum Gasteiger partial charge on any atom is 0.266 e. The first-order valence-electron chi connectivity index (χ1n) is 10.6. The van der Waals surface area contributed by atoms with Crippen LogP contribution in [0.3, 0.4) is 0 Å². The summed E-state index contributed by atoms with van der Waals surface area (Å²) >= 11 is 8.09. The summed E-state index contributed by atoms with van der Waals surface area (Å²) < 4.78 is 25.1. The van der Waals surface area contributed by atoms with Crippen molar-refractivity contribution in [3.05, 3.63) is 86.2 Å². The molecule has 0 aliphatic rings. The van der Waals surface area contributed by atoms with E-state index >= 15 is 0 Å². The minimum absolute atomic E-state index is 0.162. The number of carbonyl (C=O) groups excluding carboxylic acids is 2. The predicted molar refractivity (Wildman–Crippen MR) is 145 cm³/mol. The molecule has 3 rings (SSSR count). The molecule has 184 valence electrons. The van der Waals surface area contributed by atoms with E-state index in [2.05, 4.69) is 10.6 Å². The monoisotopic (exact) mass is 619 g/mol. The van der Waals surface area contributed by atoms with Crippen LogP contribution in [0.25, 0.3) is 6.08 Å². The van der Waals surface area contributed by atoms with Gasteiger partial charge in [-0.25, -0.2) is 4.39 Å². The minimum atomic E-state index is -0.645. The Hall–Kier alpha value is -3.62. The summed E-state index contributed by atoms with van der Waals surface area (Å²) in [6.45, 7) is 1.82. The standard InChI is InChI=1S/C26H20ClFIN3O4/c1-2-35-23-13-16(11-17(14-30)26(34)31-19-9-7-18(28)8-10-19)12-21(29)25(23)36-15-24(33)32-22-6-4-3-5-20(22)27/h3-13H,2,15H2,1H3,(H,31,34)(H,32,33)/b17-11+. The summed E-state index contributed by atoms with van der Waals surface area (Å²) in [7, 11) is 0. The van der Waals surface area contributed by atoms with Gasteiger partial charge in [-0.2, -0.15) is 5.26 Å². The molecular weight excluding hydrogens is 600 g/mol. The van der Waals surface area contributed by atoms with Crippen LogP contribution in [0.1, 0.15) is 12.5 Å². The lowest BCUT2D eigenvalue weighted by molar-refractivity contribution is -0.118. The first-order chi connectivity index (χ1) is 17.3. The first kappa shape index (κ1) is 27.0. The lowest BCUT2D eigenvalue weighted by Gasteiger charge is -2.15. The van der Waals surface area contributed by atoms with Gasteiger partial charge in [0.05, 0.1) is 20.9 Å². The van der Waals surface area contributed by atoms with Crippen LogP contribution in [0.2, 0.25) is 5.02 Å². The van der Waals surface area contributed by atoms with Crippen LogP contribution >= 0.6 is 34.2 Å². The third-order valence-electron chi connectivity index (χ3n) is 4.61. The van der Waals surface area contributed by atoms with Gasteiger partial charge in [-0.15, -0.1) is 0 Å². The molecule has 0 heterocycles. The van der Waals surface area contributed by atoms with Crippen LogP contribution in [0, 0.1) is 20.7 Å². The number of amides is 2. The molecule has 3 aromatic carbocycles. The Balaban J connectivity index is 1.77. The summed E-state index contributed by atoms with van der Waals surface area (Å²) in [5.41, 5.74) is 1.17. The maximum absolute atomic E-state index is 13.1. The highest BCUT2D eigenvalue weighted by molar-refractivity contribution is 14.1. The first-order valence-corrected chi connectivity index (χ1v) is 12.1. The zero-order valence-electron chi connectivity index (χ0n) is 19.0. The number of nitrogens with one attached hydrogen (secondary N) is 2. The van der Waals surface area contributed by atoms with Crippen molar-refractivity contribution in [3.8, 4) is 17.6 Å². The lowest BCUT2D eigenvalue weighted by atomic mass is 10.1. The van der Waals surface area contributed by atoms with Gasteiger partial charge in [0.2, 0.25) is 0 Å². The Morgan fingerprint density at radius 2 is 1.83 bits per heavy atom. The predicted octanol–water partition coefficient (Wildman–Crippen LogP) is 6.05. The van der Waals surface area contributed by atoms with Crippen molar-refractivity contribution >= 4 is 63.5 Å². The molecule has 0 aliphatic heterocycles. The van der Waals surface area contributed by atoms with Crippen LogP contribution in [-0.4, -0.2) is 25.0 Å². The van der Waals surface area contributed by atoms with Crippen LogP contribution in [0.4, 0.5) is 15.8 Å². The van der Waals surface area contributed by atoms with Gasteiger partial charge >= 0.3 is 0 Å². The number of ether oxygens (including phenoxy) is 2. The van der Waals surface area contributed by atoms with E-state index in [-0.39, 0.29) is 12.2 Å². The molecule has 0 spiro atoms. The topological polar surface area (TPSA) is 100 Å². The van der Waals surface area contributed by atoms with Gasteiger partial charge in [0, 0.05) is 5.69 Å². The number of halogens is 3. The lowest BCUT2D eigenvalue weighted by Crippen LogP contribution is -2.21. The summed E-state index contributed by atoms with van der Waals surface area (Å²) in [5, 5.41) is 15.2. The quantitative estimate of drug-likeness (QED) is 0.173. The normalized spacial score (nSPS) is 10.8. The third-order valence-corrected chi connectivity index (χ3v) is 5.74. The molecule has 0 aliphatic carbocycles. The second-order valence-electron chi connectivity index (χ2n) is 7.21. The van der Waals surface area contributed by atoms with E-state index in [9.17, 15) is 19.2 Å². The molecule has 0 saturated carbocycles. The molecule has 0 aromatic heterocycles. The molecule has 0 saturated heterocycles. The summed E-state index contributed by atoms with van der Waals surface area (Å²) in [6, 6.07) is 17.2. The molecule has 36 heavy (non-hydrogen) atoms. The van der Waals surface area contributed by atoms with E-state index in [1.807, 2.05) is 28.7 Å². The van der Waals surface area contributed by atoms with Gasteiger partial charge in [-0.1, -0.05) is 23.7 Å². The van der Waals surface area contributed by atoms with Gasteiger partial charge in [0.1, 0.15) is 17.5 Å². The van der Waals surface area contributed by atoms with Crippen molar-refractivity contribution in [1.82, 2.24) is 0 Å². The number of anilines is 2. The maximum atomic E-state index is 13.1. The van der Waals surface area contributed by atoms with Crippen molar-refractivity contribution in [3.63, 3.8) is 0 Å². The van der Waals surface area contributed by atoms with Crippen LogP contribution < -0.4 is 20.1 Å². The van der Waals surface area contributed by atoms with Crippen LogP contribution in [-0.2, 0) is 9.59 Å². The molecule has 3 aromatic rings. The number of benzene rings is 3. The second kappa shape index (κ2) is 12.9. The highest BCUT2D eigenvalue weighted by atomic mass is 127. The number of nitriles is 1. The Labute approximate surface area is 226 Å². The summed E-state index contributed by atoms with van der Waals surface area (Å²) in [6.07, 6.45) is 1.40. The van der Waals surface area contributed by atoms with Gasteiger partial charge < -0.3 is 20.1 Å². The molecule has 0 radical (unpaired) electrons. The fourth-order valence-electron chi connectivity index (χ4n) is 3.01. The number of hydrogen-bond acceptors (Lipinski definition) is 5. The number of hydrogen-bond donors (Lipinski definition) is 2. The number of nitrogens with zero attached hydrogens (tertiary/aromatic N) is 1. The molecule has 0 atom stereocenters. The zero-order chi connectivity index (χ0) is 26.1. The van der Waals surface area contributed by atoms with E-state index < -0.39 is 17.6 Å². The Morgan fingerprint density at radius 3 is 2.50 bits per heavy atom. The molecule has 0 unspecified atom stereocenters. The van der Waals surface area contributed by atoms with Gasteiger partial charge in [-0.05, 0) is 89.7 Å². The zero-order valence-corrected chi connectivity index (χ0v) is 21.9. The molecule has 0 bridgehead atoms. The van der Waals surface area contributed by atoms with E-state index in [1.54, 1.807) is 43.3 Å². The van der Waals surface area contributed by atoms with E-state index in [4.69, 9.17) is 21.1 Å². The molecule has 2 N–H and O–H groups in total. The number of para-hydroxylation sites is 1. The molecule has 0 fully saturated rings. The molecule has 2 amide bonds. The minimum Gasteiger partial charge on any atom is -0.490 e. The van der Waals surface area contributed by atoms with E-state index in [1.165, 1.54) is 30.3 Å². The van der Waals surface area contributed by atoms with E-state index in [0.29, 0.717) is 43.6 Å². The Kier molecular flexibility index (Phi) is 9.67. The van der Waals surface area contributed by atoms with Crippen molar-refractivity contribution in [1.29, 1.82) is 5.26 Å². The fourth-order valence-corrected chi connectivity index (χ4v) is 3.97. The largest absolute Gasteiger partial charge is 0.490 e. The highest BCUT2D eigenvalue weighted by Gasteiger charge is 2.16.